The predicted octanol–water partition coefficient (Wildman–Crippen LogP) is 1.94. The van der Waals surface area contributed by atoms with Crippen LogP contribution in [-0.2, 0) is 16.6 Å². The van der Waals surface area contributed by atoms with E-state index in [9.17, 15) is 26.0 Å². The van der Waals surface area contributed by atoms with Crippen LogP contribution in [0.2, 0.25) is 0 Å². The Morgan fingerprint density at radius 1 is 1.25 bits per heavy atom. The number of alkyl halides is 3. The van der Waals surface area contributed by atoms with Gasteiger partial charge in [0.05, 0.1) is 6.61 Å². The van der Waals surface area contributed by atoms with Crippen molar-refractivity contribution in [1.82, 2.24) is 4.72 Å². The van der Waals surface area contributed by atoms with Gasteiger partial charge in [-0.25, -0.2) is 17.5 Å². The fourth-order valence-electron chi connectivity index (χ4n) is 1.43. The predicted molar refractivity (Wildman–Crippen MR) is 62.8 cm³/mol. The zero-order valence-electron chi connectivity index (χ0n) is 10.2. The van der Waals surface area contributed by atoms with Crippen molar-refractivity contribution in [2.75, 3.05) is 6.54 Å². The number of hydrogen-bond acceptors (Lipinski definition) is 3. The Bertz CT molecular complexity index is 557. The van der Waals surface area contributed by atoms with E-state index in [4.69, 9.17) is 5.11 Å². The molecule has 0 atom stereocenters. The zero-order chi connectivity index (χ0) is 15.4. The minimum atomic E-state index is -4.37. The van der Waals surface area contributed by atoms with Gasteiger partial charge in [0.2, 0.25) is 10.0 Å². The third-order valence-corrected chi connectivity index (χ3v) is 3.87. The smallest absolute Gasteiger partial charge is 0.389 e. The highest BCUT2D eigenvalue weighted by atomic mass is 32.2. The van der Waals surface area contributed by atoms with Crippen LogP contribution in [0.15, 0.2) is 23.1 Å². The molecule has 0 fully saturated rings. The molecule has 0 bridgehead atoms. The molecule has 0 saturated carbocycles. The molecule has 0 radical (unpaired) electrons. The SMILES string of the molecule is O=S(=O)(NCCCC(F)(F)F)c1cc(CO)ccc1F. The molecule has 0 aliphatic carbocycles. The second-order valence-electron chi connectivity index (χ2n) is 4.04. The number of benzene rings is 1. The zero-order valence-corrected chi connectivity index (χ0v) is 11.1. The average Bonchev–Trinajstić information content (AvgIpc) is 2.34. The Kier molecular flexibility index (Phi) is 5.49. The van der Waals surface area contributed by atoms with Gasteiger partial charge in [-0.1, -0.05) is 6.07 Å². The Morgan fingerprint density at radius 3 is 2.45 bits per heavy atom. The summed E-state index contributed by atoms with van der Waals surface area (Å²) in [7, 11) is -4.24. The monoisotopic (exact) mass is 315 g/mol. The molecule has 0 aromatic heterocycles. The van der Waals surface area contributed by atoms with Crippen LogP contribution in [0.4, 0.5) is 17.6 Å². The van der Waals surface area contributed by atoms with Crippen LogP contribution in [0.25, 0.3) is 0 Å². The molecule has 0 amide bonds. The number of aliphatic hydroxyl groups is 1. The normalized spacial score (nSPS) is 12.7. The third-order valence-electron chi connectivity index (χ3n) is 2.40. The van der Waals surface area contributed by atoms with Crippen molar-refractivity contribution in [1.29, 1.82) is 0 Å². The number of aliphatic hydroxyl groups excluding tert-OH is 1. The molecule has 2 N–H and O–H groups in total. The van der Waals surface area contributed by atoms with Gasteiger partial charge in [0.1, 0.15) is 10.7 Å². The molecular formula is C11H13F4NO3S. The summed E-state index contributed by atoms with van der Waals surface area (Å²) in [6, 6.07) is 3.01. The van der Waals surface area contributed by atoms with E-state index in [1.807, 2.05) is 4.72 Å². The molecule has 114 valence electrons. The lowest BCUT2D eigenvalue weighted by Crippen LogP contribution is -2.26. The third kappa shape index (κ3) is 5.06. The molecule has 1 rings (SSSR count). The molecule has 4 nitrogen and oxygen atoms in total. The summed E-state index contributed by atoms with van der Waals surface area (Å²) in [5.74, 6) is -1.04. The number of sulfonamides is 1. The molecule has 20 heavy (non-hydrogen) atoms. The fraction of sp³-hybridized carbons (Fsp3) is 0.455. The van der Waals surface area contributed by atoms with Gasteiger partial charge in [0, 0.05) is 13.0 Å². The van der Waals surface area contributed by atoms with Crippen LogP contribution >= 0.6 is 0 Å². The Balaban J connectivity index is 2.74. The van der Waals surface area contributed by atoms with Crippen molar-refractivity contribution in [2.24, 2.45) is 0 Å². The van der Waals surface area contributed by atoms with Gasteiger partial charge in [-0.05, 0) is 24.1 Å². The lowest BCUT2D eigenvalue weighted by atomic mass is 10.2. The first kappa shape index (κ1) is 16.9. The summed E-state index contributed by atoms with van der Waals surface area (Å²) in [4.78, 5) is -0.698. The Morgan fingerprint density at radius 2 is 1.90 bits per heavy atom. The molecule has 1 aromatic rings. The Labute approximate surface area is 113 Å². The van der Waals surface area contributed by atoms with Crippen molar-refractivity contribution in [3.63, 3.8) is 0 Å². The van der Waals surface area contributed by atoms with Gasteiger partial charge in [-0.3, -0.25) is 0 Å². The second kappa shape index (κ2) is 6.51. The van der Waals surface area contributed by atoms with Crippen LogP contribution in [0.1, 0.15) is 18.4 Å². The van der Waals surface area contributed by atoms with E-state index in [1.54, 1.807) is 0 Å². The molecule has 0 aliphatic heterocycles. The highest BCUT2D eigenvalue weighted by Crippen LogP contribution is 2.21. The number of rotatable bonds is 6. The molecule has 9 heteroatoms. The van der Waals surface area contributed by atoms with Crippen LogP contribution < -0.4 is 4.72 Å². The molecule has 0 saturated heterocycles. The minimum absolute atomic E-state index is 0.182. The van der Waals surface area contributed by atoms with Gasteiger partial charge in [0.15, 0.2) is 0 Å². The van der Waals surface area contributed by atoms with Gasteiger partial charge in [-0.2, -0.15) is 13.2 Å². The van der Waals surface area contributed by atoms with Crippen LogP contribution in [0.5, 0.6) is 0 Å². The lowest BCUT2D eigenvalue weighted by molar-refractivity contribution is -0.135. The van der Waals surface area contributed by atoms with Gasteiger partial charge in [-0.15, -0.1) is 0 Å². The summed E-state index contributed by atoms with van der Waals surface area (Å²) in [6.45, 7) is -0.929. The highest BCUT2D eigenvalue weighted by molar-refractivity contribution is 7.89. The number of nitrogens with one attached hydrogen (secondary N) is 1. The van der Waals surface area contributed by atoms with Crippen LogP contribution in [0, 0.1) is 5.82 Å². The summed E-state index contributed by atoms with van der Waals surface area (Å²) in [6.07, 6.45) is -5.94. The molecule has 1 aromatic carbocycles. The maximum atomic E-state index is 13.4. The average molecular weight is 315 g/mol. The molecule has 0 heterocycles. The van der Waals surface area contributed by atoms with Crippen molar-refractivity contribution in [3.05, 3.63) is 29.6 Å². The summed E-state index contributed by atoms with van der Waals surface area (Å²) in [5, 5.41) is 8.86. The van der Waals surface area contributed by atoms with Crippen LogP contribution in [-0.4, -0.2) is 26.2 Å². The standard InChI is InChI=1S/C11H13F4NO3S/c12-9-3-2-8(7-17)6-10(9)20(18,19)16-5-1-4-11(13,14)15/h2-3,6,16-17H,1,4-5,7H2. The highest BCUT2D eigenvalue weighted by Gasteiger charge is 2.26. The molecule has 0 unspecified atom stereocenters. The van der Waals surface area contributed by atoms with Crippen molar-refractivity contribution < 1.29 is 31.1 Å². The van der Waals surface area contributed by atoms with Gasteiger partial charge < -0.3 is 5.11 Å². The quantitative estimate of drug-likeness (QED) is 0.623. The topological polar surface area (TPSA) is 66.4 Å². The first-order valence-electron chi connectivity index (χ1n) is 5.61. The lowest BCUT2D eigenvalue weighted by Gasteiger charge is -2.10. The molecule has 0 spiro atoms. The fourth-order valence-corrected chi connectivity index (χ4v) is 2.63. The van der Waals surface area contributed by atoms with Crippen molar-refractivity contribution >= 4 is 10.0 Å². The minimum Gasteiger partial charge on any atom is -0.392 e. The first-order chi connectivity index (χ1) is 9.15. The van der Waals surface area contributed by atoms with E-state index in [0.29, 0.717) is 0 Å². The van der Waals surface area contributed by atoms with Crippen molar-refractivity contribution in [2.45, 2.75) is 30.5 Å². The maximum Gasteiger partial charge on any atom is 0.389 e. The van der Waals surface area contributed by atoms with E-state index >= 15 is 0 Å². The molecular weight excluding hydrogens is 302 g/mol. The number of hydrogen-bond donors (Lipinski definition) is 2. The Hall–Kier alpha value is -1.19. The van der Waals surface area contributed by atoms with Crippen molar-refractivity contribution in [3.8, 4) is 0 Å². The number of halogens is 4. The van der Waals surface area contributed by atoms with Crippen LogP contribution in [0.3, 0.4) is 0 Å². The first-order valence-corrected chi connectivity index (χ1v) is 7.10. The van der Waals surface area contributed by atoms with E-state index < -0.39 is 52.9 Å². The van der Waals surface area contributed by atoms with Gasteiger partial charge in [0.25, 0.3) is 0 Å². The largest absolute Gasteiger partial charge is 0.392 e. The summed E-state index contributed by atoms with van der Waals surface area (Å²) >= 11 is 0. The van der Waals surface area contributed by atoms with Gasteiger partial charge >= 0.3 is 6.18 Å². The van der Waals surface area contributed by atoms with E-state index in [1.165, 1.54) is 6.07 Å². The van der Waals surface area contributed by atoms with E-state index in [0.717, 1.165) is 12.1 Å². The summed E-state index contributed by atoms with van der Waals surface area (Å²) < 4.78 is 74.5. The van der Waals surface area contributed by atoms with E-state index in [2.05, 4.69) is 0 Å². The second-order valence-corrected chi connectivity index (χ2v) is 5.77. The summed E-state index contributed by atoms with van der Waals surface area (Å²) in [5.41, 5.74) is 0.182. The maximum absolute atomic E-state index is 13.4. The van der Waals surface area contributed by atoms with E-state index in [-0.39, 0.29) is 5.56 Å². The molecule has 0 aliphatic rings.